The highest BCUT2D eigenvalue weighted by Crippen LogP contribution is 2.38. The van der Waals surface area contributed by atoms with E-state index in [9.17, 15) is 26.4 Å². The number of sulfonamides is 1. The van der Waals surface area contributed by atoms with E-state index in [2.05, 4.69) is 0 Å². The molecule has 0 bridgehead atoms. The zero-order valence-electron chi connectivity index (χ0n) is 15.2. The van der Waals surface area contributed by atoms with Crippen molar-refractivity contribution in [2.45, 2.75) is 23.9 Å². The van der Waals surface area contributed by atoms with Gasteiger partial charge in [-0.05, 0) is 43.2 Å². The van der Waals surface area contributed by atoms with Crippen LogP contribution in [0.15, 0.2) is 53.4 Å². The van der Waals surface area contributed by atoms with Gasteiger partial charge in [-0.1, -0.05) is 29.8 Å². The SMILES string of the molecule is O=C(CN(c1ccc(Cl)c(C(F)(F)F)c1)S(=O)(=O)c1ccccc1)N1CCCC1. The Bertz CT molecular complexity index is 992. The molecule has 0 saturated carbocycles. The molecule has 1 aliphatic heterocycles. The molecule has 1 heterocycles. The van der Waals surface area contributed by atoms with E-state index < -0.39 is 39.2 Å². The van der Waals surface area contributed by atoms with Crippen LogP contribution >= 0.6 is 11.6 Å². The summed E-state index contributed by atoms with van der Waals surface area (Å²) in [5.74, 6) is -0.467. The fourth-order valence-electron chi connectivity index (χ4n) is 3.11. The summed E-state index contributed by atoms with van der Waals surface area (Å²) in [6.07, 6.45) is -3.17. The minimum absolute atomic E-state index is 0.127. The van der Waals surface area contributed by atoms with Crippen LogP contribution in [0.5, 0.6) is 0 Å². The second-order valence-electron chi connectivity index (χ2n) is 6.57. The normalized spacial score (nSPS) is 14.8. The first-order chi connectivity index (χ1) is 13.6. The third-order valence-electron chi connectivity index (χ3n) is 4.61. The van der Waals surface area contributed by atoms with Crippen LogP contribution in [0.2, 0.25) is 5.02 Å². The van der Waals surface area contributed by atoms with Gasteiger partial charge >= 0.3 is 6.18 Å². The van der Waals surface area contributed by atoms with Gasteiger partial charge in [0.05, 0.1) is 21.2 Å². The second kappa shape index (κ2) is 8.23. The molecule has 29 heavy (non-hydrogen) atoms. The quantitative estimate of drug-likeness (QED) is 0.692. The van der Waals surface area contributed by atoms with Crippen molar-refractivity contribution in [3.63, 3.8) is 0 Å². The number of likely N-dealkylation sites (tertiary alicyclic amines) is 1. The third kappa shape index (κ3) is 4.67. The highest BCUT2D eigenvalue weighted by atomic mass is 35.5. The molecule has 0 unspecified atom stereocenters. The zero-order chi connectivity index (χ0) is 21.2. The van der Waals surface area contributed by atoms with Crippen LogP contribution in [0.3, 0.4) is 0 Å². The summed E-state index contributed by atoms with van der Waals surface area (Å²) >= 11 is 5.66. The Morgan fingerprint density at radius 3 is 2.28 bits per heavy atom. The van der Waals surface area contributed by atoms with Crippen LogP contribution in [0.1, 0.15) is 18.4 Å². The fourth-order valence-corrected chi connectivity index (χ4v) is 4.76. The minimum Gasteiger partial charge on any atom is -0.341 e. The van der Waals surface area contributed by atoms with Gasteiger partial charge in [0, 0.05) is 13.1 Å². The van der Waals surface area contributed by atoms with Crippen LogP contribution < -0.4 is 4.31 Å². The highest BCUT2D eigenvalue weighted by Gasteiger charge is 2.36. The summed E-state index contributed by atoms with van der Waals surface area (Å²) in [5.41, 5.74) is -1.45. The predicted molar refractivity (Wildman–Crippen MR) is 103 cm³/mol. The van der Waals surface area contributed by atoms with Crippen molar-refractivity contribution in [1.29, 1.82) is 0 Å². The van der Waals surface area contributed by atoms with Gasteiger partial charge in [-0.15, -0.1) is 0 Å². The van der Waals surface area contributed by atoms with Crippen molar-refractivity contribution in [2.75, 3.05) is 23.9 Å². The third-order valence-corrected chi connectivity index (χ3v) is 6.73. The lowest BCUT2D eigenvalue weighted by Crippen LogP contribution is -2.42. The Kier molecular flexibility index (Phi) is 6.09. The average molecular weight is 447 g/mol. The second-order valence-corrected chi connectivity index (χ2v) is 8.84. The summed E-state index contributed by atoms with van der Waals surface area (Å²) in [4.78, 5) is 14.0. The molecule has 1 amide bonds. The molecule has 0 aliphatic carbocycles. The van der Waals surface area contributed by atoms with Gasteiger partial charge in [0.25, 0.3) is 10.0 Å². The van der Waals surface area contributed by atoms with Crippen molar-refractivity contribution in [1.82, 2.24) is 4.90 Å². The molecule has 1 saturated heterocycles. The topological polar surface area (TPSA) is 57.7 Å². The lowest BCUT2D eigenvalue weighted by Gasteiger charge is -2.27. The largest absolute Gasteiger partial charge is 0.417 e. The van der Waals surface area contributed by atoms with E-state index >= 15 is 0 Å². The van der Waals surface area contributed by atoms with Crippen molar-refractivity contribution < 1.29 is 26.4 Å². The van der Waals surface area contributed by atoms with Gasteiger partial charge in [0.2, 0.25) is 5.91 Å². The molecule has 156 valence electrons. The number of hydrogen-bond donors (Lipinski definition) is 0. The fraction of sp³-hybridized carbons (Fsp3) is 0.316. The first-order valence-electron chi connectivity index (χ1n) is 8.83. The molecule has 1 aliphatic rings. The lowest BCUT2D eigenvalue weighted by atomic mass is 10.2. The number of anilines is 1. The molecule has 0 atom stereocenters. The van der Waals surface area contributed by atoms with Gasteiger partial charge in [0.15, 0.2) is 0 Å². The van der Waals surface area contributed by atoms with E-state index in [1.807, 2.05) is 0 Å². The van der Waals surface area contributed by atoms with Crippen LogP contribution in [-0.4, -0.2) is 38.9 Å². The van der Waals surface area contributed by atoms with Crippen LogP contribution in [0.25, 0.3) is 0 Å². The highest BCUT2D eigenvalue weighted by molar-refractivity contribution is 7.92. The monoisotopic (exact) mass is 446 g/mol. The summed E-state index contributed by atoms with van der Waals surface area (Å²) in [5, 5.41) is -0.552. The number of alkyl halides is 3. The number of nitrogens with zero attached hydrogens (tertiary/aromatic N) is 2. The Hall–Kier alpha value is -2.26. The van der Waals surface area contributed by atoms with Crippen LogP contribution in [-0.2, 0) is 21.0 Å². The van der Waals surface area contributed by atoms with Crippen LogP contribution in [0, 0.1) is 0 Å². The van der Waals surface area contributed by atoms with E-state index in [0.29, 0.717) is 23.5 Å². The first kappa shape index (κ1) is 21.4. The van der Waals surface area contributed by atoms with Crippen LogP contribution in [0.4, 0.5) is 18.9 Å². The predicted octanol–water partition coefficient (Wildman–Crippen LogP) is 4.18. The molecule has 0 N–H and O–H groups in total. The number of benzene rings is 2. The maximum atomic E-state index is 13.3. The molecule has 10 heteroatoms. The maximum Gasteiger partial charge on any atom is 0.417 e. The minimum atomic E-state index is -4.77. The summed E-state index contributed by atoms with van der Waals surface area (Å²) in [7, 11) is -4.28. The van der Waals surface area contributed by atoms with Gasteiger partial charge < -0.3 is 4.90 Å². The number of halogens is 4. The molecule has 2 aromatic rings. The molecular weight excluding hydrogens is 429 g/mol. The Morgan fingerprint density at radius 2 is 1.69 bits per heavy atom. The number of carbonyl (C=O) groups excluding carboxylic acids is 1. The Labute approximate surface area is 171 Å². The number of hydrogen-bond acceptors (Lipinski definition) is 3. The zero-order valence-corrected chi connectivity index (χ0v) is 16.8. The molecule has 5 nitrogen and oxygen atoms in total. The Morgan fingerprint density at radius 1 is 1.07 bits per heavy atom. The van der Waals surface area contributed by atoms with Crippen molar-refractivity contribution >= 4 is 33.2 Å². The van der Waals surface area contributed by atoms with E-state index in [1.165, 1.54) is 29.2 Å². The molecule has 0 aromatic heterocycles. The van der Waals surface area contributed by atoms with E-state index in [4.69, 9.17) is 11.6 Å². The van der Waals surface area contributed by atoms with E-state index in [1.54, 1.807) is 6.07 Å². The number of amides is 1. The number of carbonyl (C=O) groups is 1. The first-order valence-corrected chi connectivity index (χ1v) is 10.6. The van der Waals surface area contributed by atoms with Crippen molar-refractivity contribution in [2.24, 2.45) is 0 Å². The summed E-state index contributed by atoms with van der Waals surface area (Å²) in [6, 6.07) is 10.0. The standard InChI is InChI=1S/C19H18ClF3N2O3S/c20-17-9-8-14(12-16(17)19(21,22)23)25(13-18(26)24-10-4-5-11-24)29(27,28)15-6-2-1-3-7-15/h1-3,6-9,12H,4-5,10-11,13H2. The van der Waals surface area contributed by atoms with Crippen molar-refractivity contribution in [3.8, 4) is 0 Å². The summed E-state index contributed by atoms with van der Waals surface area (Å²) in [6.45, 7) is 0.384. The Balaban J connectivity index is 2.07. The molecule has 0 radical (unpaired) electrons. The van der Waals surface area contributed by atoms with Crippen molar-refractivity contribution in [3.05, 3.63) is 59.1 Å². The molecular formula is C19H18ClF3N2O3S. The average Bonchev–Trinajstić information content (AvgIpc) is 3.21. The summed E-state index contributed by atoms with van der Waals surface area (Å²) < 4.78 is 66.9. The molecule has 1 fully saturated rings. The molecule has 2 aromatic carbocycles. The van der Waals surface area contributed by atoms with E-state index in [0.717, 1.165) is 25.0 Å². The number of rotatable bonds is 5. The molecule has 0 spiro atoms. The van der Waals surface area contributed by atoms with Gasteiger partial charge in [-0.2, -0.15) is 13.2 Å². The van der Waals surface area contributed by atoms with Gasteiger partial charge in [-0.25, -0.2) is 8.42 Å². The van der Waals surface area contributed by atoms with E-state index in [-0.39, 0.29) is 10.6 Å². The smallest absolute Gasteiger partial charge is 0.341 e. The molecule has 3 rings (SSSR count). The maximum absolute atomic E-state index is 13.3. The van der Waals surface area contributed by atoms with Gasteiger partial charge in [0.1, 0.15) is 6.54 Å². The van der Waals surface area contributed by atoms with Gasteiger partial charge in [-0.3, -0.25) is 9.10 Å². The lowest BCUT2D eigenvalue weighted by molar-refractivity contribution is -0.137.